The van der Waals surface area contributed by atoms with E-state index in [0.717, 1.165) is 20.5 Å². The van der Waals surface area contributed by atoms with Gasteiger partial charge in [-0.2, -0.15) is 8.42 Å². The van der Waals surface area contributed by atoms with Crippen LogP contribution in [0.3, 0.4) is 0 Å². The third-order valence-electron chi connectivity index (χ3n) is 5.03. The Morgan fingerprint density at radius 1 is 1.03 bits per heavy atom. The minimum Gasteiger partial charge on any atom is -0.468 e. The molecular formula is C19H26O11S2. The maximum absolute atomic E-state index is 13.6. The van der Waals surface area contributed by atoms with Crippen molar-refractivity contribution in [3.05, 3.63) is 30.3 Å². The number of hydrogen-bond donors (Lipinski definition) is 0. The lowest BCUT2D eigenvalue weighted by Gasteiger charge is -2.42. The molecule has 4 atom stereocenters. The summed E-state index contributed by atoms with van der Waals surface area (Å²) in [6.45, 7) is -0.479. The molecule has 1 saturated heterocycles. The lowest BCUT2D eigenvalue weighted by molar-refractivity contribution is -0.226. The Bertz CT molecular complexity index is 989. The zero-order valence-corrected chi connectivity index (χ0v) is 19.6. The van der Waals surface area contributed by atoms with Crippen molar-refractivity contribution < 1.29 is 49.6 Å². The molecule has 1 aromatic rings. The van der Waals surface area contributed by atoms with E-state index in [4.69, 9.17) is 23.1 Å². The summed E-state index contributed by atoms with van der Waals surface area (Å²) in [5.41, 5.74) is 0. The lowest BCUT2D eigenvalue weighted by Crippen LogP contribution is -2.55. The molecule has 0 spiro atoms. The molecule has 1 fully saturated rings. The van der Waals surface area contributed by atoms with Gasteiger partial charge in [0, 0.05) is 7.11 Å². The zero-order valence-electron chi connectivity index (χ0n) is 18.0. The number of carbonyl (C=O) groups excluding carboxylic acids is 2. The molecular weight excluding hydrogens is 468 g/mol. The summed E-state index contributed by atoms with van der Waals surface area (Å²) in [4.78, 5) is 24.9. The molecule has 11 nitrogen and oxygen atoms in total. The average Bonchev–Trinajstić information content (AvgIpc) is 2.77. The molecule has 0 N–H and O–H groups in total. The molecule has 1 aliphatic rings. The Labute approximate surface area is 187 Å². The smallest absolute Gasteiger partial charge is 0.320 e. The van der Waals surface area contributed by atoms with Crippen LogP contribution in [0.5, 0.6) is 0 Å². The fourth-order valence-electron chi connectivity index (χ4n) is 3.60. The first-order valence-electron chi connectivity index (χ1n) is 9.43. The zero-order chi connectivity index (χ0) is 24.1. The number of benzene rings is 1. The molecule has 0 radical (unpaired) electrons. The van der Waals surface area contributed by atoms with E-state index in [1.807, 2.05) is 0 Å². The third kappa shape index (κ3) is 6.04. The molecule has 180 valence electrons. The predicted octanol–water partition coefficient (Wildman–Crippen LogP) is 0.145. The van der Waals surface area contributed by atoms with E-state index in [-0.39, 0.29) is 11.3 Å². The van der Waals surface area contributed by atoms with Crippen molar-refractivity contribution in [1.82, 2.24) is 0 Å². The standard InChI is InChI=1S/C19H26O11S2/c1-26-17(20)16(18(21)27-2)15-14(32(24,25)13-8-6-5-7-9-13)10-12(30-19(15)28-3)11-29-31(4,22)23/h5-9,12,14-16,19H,10-11H2,1-4H3/t12-,14-,15-,19+/m0/s1. The second-order valence-electron chi connectivity index (χ2n) is 7.08. The normalized spacial score (nSPS) is 24.2. The van der Waals surface area contributed by atoms with Gasteiger partial charge in [0.2, 0.25) is 0 Å². The fraction of sp³-hybridized carbons (Fsp3) is 0.579. The summed E-state index contributed by atoms with van der Waals surface area (Å²) in [5.74, 6) is -5.06. The number of esters is 2. The maximum Gasteiger partial charge on any atom is 0.320 e. The van der Waals surface area contributed by atoms with Crippen LogP contribution in [0.2, 0.25) is 0 Å². The van der Waals surface area contributed by atoms with Crippen molar-refractivity contribution in [3.63, 3.8) is 0 Å². The van der Waals surface area contributed by atoms with Crippen LogP contribution in [0.25, 0.3) is 0 Å². The monoisotopic (exact) mass is 494 g/mol. The lowest BCUT2D eigenvalue weighted by atomic mass is 9.84. The minimum atomic E-state index is -4.15. The quantitative estimate of drug-likeness (QED) is 0.262. The number of rotatable bonds is 9. The van der Waals surface area contributed by atoms with Crippen molar-refractivity contribution >= 4 is 31.9 Å². The number of hydrogen-bond acceptors (Lipinski definition) is 11. The van der Waals surface area contributed by atoms with Gasteiger partial charge in [-0.15, -0.1) is 0 Å². The molecule has 0 bridgehead atoms. The molecule has 0 saturated carbocycles. The van der Waals surface area contributed by atoms with Gasteiger partial charge in [0.15, 0.2) is 22.0 Å². The summed E-state index contributed by atoms with van der Waals surface area (Å²) in [6.07, 6.45) is -1.84. The second-order valence-corrected chi connectivity index (χ2v) is 10.9. The van der Waals surface area contributed by atoms with Gasteiger partial charge in [0.1, 0.15) is 0 Å². The SMILES string of the molecule is COC(=O)C(C(=O)OC)[C@H]1[C@H](OC)O[C@H](COS(C)(=O)=O)C[C@@H]1S(=O)(=O)c1ccccc1. The van der Waals surface area contributed by atoms with Crippen LogP contribution in [0, 0.1) is 11.8 Å². The van der Waals surface area contributed by atoms with Crippen LogP contribution < -0.4 is 0 Å². The van der Waals surface area contributed by atoms with Crippen LogP contribution in [-0.4, -0.2) is 80.6 Å². The van der Waals surface area contributed by atoms with E-state index in [1.54, 1.807) is 6.07 Å². The first-order chi connectivity index (χ1) is 15.0. The van der Waals surface area contributed by atoms with E-state index >= 15 is 0 Å². The largest absolute Gasteiger partial charge is 0.468 e. The predicted molar refractivity (Wildman–Crippen MR) is 110 cm³/mol. The van der Waals surface area contributed by atoms with Crippen molar-refractivity contribution in [3.8, 4) is 0 Å². The van der Waals surface area contributed by atoms with E-state index in [0.29, 0.717) is 0 Å². The summed E-state index contributed by atoms with van der Waals surface area (Å²) in [5, 5.41) is -1.39. The van der Waals surface area contributed by atoms with Crippen LogP contribution in [0.1, 0.15) is 6.42 Å². The van der Waals surface area contributed by atoms with Gasteiger partial charge < -0.3 is 18.9 Å². The van der Waals surface area contributed by atoms with Crippen molar-refractivity contribution in [2.45, 2.75) is 29.0 Å². The van der Waals surface area contributed by atoms with E-state index in [9.17, 15) is 26.4 Å². The Kier molecular flexibility index (Phi) is 8.76. The molecule has 13 heteroatoms. The highest BCUT2D eigenvalue weighted by Crippen LogP contribution is 2.39. The molecule has 0 aromatic heterocycles. The minimum absolute atomic E-state index is 0.0528. The Balaban J connectivity index is 2.59. The summed E-state index contributed by atoms with van der Waals surface area (Å²) < 4.78 is 75.1. The van der Waals surface area contributed by atoms with Gasteiger partial charge in [-0.05, 0) is 18.6 Å². The molecule has 0 unspecified atom stereocenters. The van der Waals surface area contributed by atoms with Gasteiger partial charge in [0.05, 0.1) is 49.2 Å². The molecule has 1 aliphatic heterocycles. The first kappa shape index (κ1) is 26.2. The number of carbonyl (C=O) groups is 2. The van der Waals surface area contributed by atoms with Crippen LogP contribution >= 0.6 is 0 Å². The van der Waals surface area contributed by atoms with E-state index in [1.165, 1.54) is 31.4 Å². The third-order valence-corrected chi connectivity index (χ3v) is 7.83. The highest BCUT2D eigenvalue weighted by atomic mass is 32.2. The van der Waals surface area contributed by atoms with Crippen LogP contribution in [-0.2, 0) is 52.7 Å². The average molecular weight is 495 g/mol. The van der Waals surface area contributed by atoms with Gasteiger partial charge in [-0.3, -0.25) is 13.8 Å². The molecule has 32 heavy (non-hydrogen) atoms. The molecule has 1 aromatic carbocycles. The topological polar surface area (TPSA) is 149 Å². The number of ether oxygens (including phenoxy) is 4. The highest BCUT2D eigenvalue weighted by molar-refractivity contribution is 7.92. The van der Waals surface area contributed by atoms with E-state index < -0.39 is 68.0 Å². The number of sulfone groups is 1. The summed E-state index contributed by atoms with van der Waals surface area (Å²) in [7, 11) is -4.68. The maximum atomic E-state index is 13.6. The Morgan fingerprint density at radius 3 is 2.06 bits per heavy atom. The fourth-order valence-corrected chi connectivity index (χ4v) is 6.05. The molecule has 0 aliphatic carbocycles. The Morgan fingerprint density at radius 2 is 1.59 bits per heavy atom. The Hall–Kier alpha value is -2.06. The molecule has 1 heterocycles. The van der Waals surface area contributed by atoms with Gasteiger partial charge in [0.25, 0.3) is 10.1 Å². The van der Waals surface area contributed by atoms with Crippen molar-refractivity contribution in [2.24, 2.45) is 11.8 Å². The summed E-state index contributed by atoms with van der Waals surface area (Å²) in [6, 6.07) is 7.43. The van der Waals surface area contributed by atoms with Gasteiger partial charge in [-0.1, -0.05) is 18.2 Å². The van der Waals surface area contributed by atoms with Gasteiger partial charge in [-0.25, -0.2) is 8.42 Å². The first-order valence-corrected chi connectivity index (χ1v) is 12.8. The second kappa shape index (κ2) is 10.7. The van der Waals surface area contributed by atoms with Crippen LogP contribution in [0.15, 0.2) is 35.2 Å². The summed E-state index contributed by atoms with van der Waals surface area (Å²) >= 11 is 0. The van der Waals surface area contributed by atoms with Crippen LogP contribution in [0.4, 0.5) is 0 Å². The highest BCUT2D eigenvalue weighted by Gasteiger charge is 2.54. The molecule has 0 amide bonds. The van der Waals surface area contributed by atoms with Crippen molar-refractivity contribution in [1.29, 1.82) is 0 Å². The van der Waals surface area contributed by atoms with Crippen molar-refractivity contribution in [2.75, 3.05) is 34.2 Å². The van der Waals surface area contributed by atoms with E-state index in [2.05, 4.69) is 0 Å². The molecule has 2 rings (SSSR count). The van der Waals surface area contributed by atoms with Gasteiger partial charge >= 0.3 is 11.9 Å². The number of methoxy groups -OCH3 is 3.